The Hall–Kier alpha value is -1.76. The molecule has 1 aliphatic heterocycles. The predicted molar refractivity (Wildman–Crippen MR) is 125 cm³/mol. The quantitative estimate of drug-likeness (QED) is 0.428. The van der Waals surface area contributed by atoms with Gasteiger partial charge in [-0.3, -0.25) is 0 Å². The highest BCUT2D eigenvalue weighted by Gasteiger charge is 2.39. The molecule has 2 amide bonds. The third-order valence-corrected chi connectivity index (χ3v) is 8.64. The summed E-state index contributed by atoms with van der Waals surface area (Å²) in [5, 5.41) is 17.8. The molecule has 0 aromatic heterocycles. The fourth-order valence-electron chi connectivity index (χ4n) is 3.28. The van der Waals surface area contributed by atoms with Gasteiger partial charge < -0.3 is 15.2 Å². The minimum absolute atomic E-state index is 0.0535. The molecule has 0 saturated carbocycles. The van der Waals surface area contributed by atoms with E-state index in [4.69, 9.17) is 5.14 Å². The maximum Gasteiger partial charge on any atom is 0.387 e. The number of aliphatic hydroxyl groups is 1. The Balaban J connectivity index is 2.44. The molecule has 12 heteroatoms. The number of halogens is 3. The van der Waals surface area contributed by atoms with Crippen LogP contribution in [-0.2, 0) is 9.92 Å². The second-order valence-corrected chi connectivity index (χ2v) is 12.1. The molecule has 1 aromatic carbocycles. The third kappa shape index (κ3) is 6.87. The largest absolute Gasteiger partial charge is 0.435 e. The summed E-state index contributed by atoms with van der Waals surface area (Å²) in [6, 6.07) is 1.71. The number of benzene rings is 1. The van der Waals surface area contributed by atoms with Gasteiger partial charge in [-0.25, -0.2) is 18.5 Å². The Morgan fingerprint density at radius 2 is 1.79 bits per heavy atom. The van der Waals surface area contributed by atoms with Crippen molar-refractivity contribution in [2.75, 3.05) is 5.32 Å². The number of hydrogen-bond acceptors (Lipinski definition) is 5. The van der Waals surface area contributed by atoms with E-state index in [0.29, 0.717) is 16.8 Å². The number of amides is 2. The fraction of sp³-hybridized carbons (Fsp3) is 0.571. The molecule has 7 nitrogen and oxygen atoms in total. The van der Waals surface area contributed by atoms with Crippen molar-refractivity contribution in [3.63, 3.8) is 0 Å². The molecule has 2 rings (SSSR count). The number of nitrogens with zero attached hydrogens (tertiary/aromatic N) is 1. The Morgan fingerprint density at radius 3 is 2.18 bits per heavy atom. The summed E-state index contributed by atoms with van der Waals surface area (Å²) in [6.07, 6.45) is -0.185. The van der Waals surface area contributed by atoms with Crippen molar-refractivity contribution < 1.29 is 32.0 Å². The molecular formula is C21H30F3N3O4S2. The van der Waals surface area contributed by atoms with Crippen molar-refractivity contribution in [3.8, 4) is 5.75 Å². The second kappa shape index (κ2) is 10.2. The Kier molecular flexibility index (Phi) is 8.53. The van der Waals surface area contributed by atoms with Gasteiger partial charge in [-0.1, -0.05) is 27.7 Å². The van der Waals surface area contributed by atoms with E-state index < -0.39 is 39.2 Å². The van der Waals surface area contributed by atoms with Crippen molar-refractivity contribution in [1.29, 1.82) is 0 Å². The van der Waals surface area contributed by atoms with Gasteiger partial charge in [0.2, 0.25) is 0 Å². The van der Waals surface area contributed by atoms with Crippen LogP contribution in [0, 0.1) is 0 Å². The average molecular weight is 510 g/mol. The maximum absolute atomic E-state index is 14.5. The molecule has 0 bridgehead atoms. The summed E-state index contributed by atoms with van der Waals surface area (Å²) < 4.78 is 60.6. The zero-order valence-corrected chi connectivity index (χ0v) is 21.0. The number of carbonyl (C=O) groups is 1. The predicted octanol–water partition coefficient (Wildman–Crippen LogP) is 5.82. The van der Waals surface area contributed by atoms with Crippen LogP contribution in [0.25, 0.3) is 0 Å². The lowest BCUT2D eigenvalue weighted by Gasteiger charge is -2.24. The Bertz CT molecular complexity index is 1030. The first-order chi connectivity index (χ1) is 15.0. The molecule has 2 unspecified atom stereocenters. The molecule has 1 heterocycles. The summed E-state index contributed by atoms with van der Waals surface area (Å²) >= 11 is 0.797. The minimum atomic E-state index is -3.92. The summed E-state index contributed by atoms with van der Waals surface area (Å²) in [6.45, 7) is 7.18. The number of nitrogens with one attached hydrogen (secondary N) is 1. The van der Waals surface area contributed by atoms with Crippen molar-refractivity contribution in [2.24, 2.45) is 9.50 Å². The van der Waals surface area contributed by atoms with E-state index in [0.717, 1.165) is 11.8 Å². The highest BCUT2D eigenvalue weighted by atomic mass is 32.3. The first kappa shape index (κ1) is 27.5. The highest BCUT2D eigenvalue weighted by Crippen LogP contribution is 2.45. The number of nitrogens with two attached hydrogens (primary N) is 1. The molecule has 0 spiro atoms. The molecule has 0 saturated heterocycles. The molecule has 4 N–H and O–H groups in total. The average Bonchev–Trinajstić information content (AvgIpc) is 3.04. The van der Waals surface area contributed by atoms with Gasteiger partial charge in [-0.15, -0.1) is 16.1 Å². The van der Waals surface area contributed by atoms with Gasteiger partial charge in [0.25, 0.3) is 0 Å². The molecule has 0 radical (unpaired) electrons. The lowest BCUT2D eigenvalue weighted by atomic mass is 9.92. The Morgan fingerprint density at radius 1 is 1.27 bits per heavy atom. The fourth-order valence-corrected chi connectivity index (χ4v) is 6.06. The second-order valence-electron chi connectivity index (χ2n) is 8.91. The smallest absolute Gasteiger partial charge is 0.387 e. The number of thioether (sulfide) groups is 1. The first-order valence-electron chi connectivity index (χ1n) is 10.3. The molecular weight excluding hydrogens is 479 g/mol. The molecule has 1 aromatic rings. The van der Waals surface area contributed by atoms with Gasteiger partial charge in [0, 0.05) is 17.4 Å². The van der Waals surface area contributed by atoms with Crippen molar-refractivity contribution in [3.05, 3.63) is 33.3 Å². The number of ether oxygens (including phenoxy) is 1. The molecule has 186 valence electrons. The van der Waals surface area contributed by atoms with Crippen molar-refractivity contribution in [1.82, 2.24) is 0 Å². The van der Waals surface area contributed by atoms with E-state index in [9.17, 15) is 27.3 Å². The molecule has 1 aliphatic rings. The summed E-state index contributed by atoms with van der Waals surface area (Å²) in [5.41, 5.74) is 0.0637. The minimum Gasteiger partial charge on any atom is -0.435 e. The summed E-state index contributed by atoms with van der Waals surface area (Å²) in [5.74, 6) is -1.23. The van der Waals surface area contributed by atoms with Crippen molar-refractivity contribution >= 4 is 33.4 Å². The van der Waals surface area contributed by atoms with Crippen LogP contribution in [0.1, 0.15) is 70.9 Å². The van der Waals surface area contributed by atoms with Gasteiger partial charge in [0.15, 0.2) is 9.92 Å². The number of urea groups is 1. The number of carbonyl (C=O) groups excluding carboxylic acids is 1. The zero-order valence-electron chi connectivity index (χ0n) is 19.3. The SMILES string of the molecule is CC(C)c1cc(OC(F)F)cc(C(C)C)c1NC(=O)N=S(N)(=O)C1=C(F)CC(C(C)(C)O)S1. The van der Waals surface area contributed by atoms with E-state index in [-0.39, 0.29) is 28.2 Å². The standard InChI is InChI=1S/C21H30F3N3O4S2/c1-10(2)13-7-12(31-19(23)24)8-14(11(3)4)17(13)26-20(28)27-33(25,30)18-15(22)9-16(32-18)21(5,6)29/h7-8,10-11,16,19,29H,9H2,1-6H3,(H3,25,26,27,28,30). The van der Waals surface area contributed by atoms with Gasteiger partial charge in [-0.05, 0) is 48.9 Å². The molecule has 0 aliphatic carbocycles. The molecule has 0 fully saturated rings. The topological polar surface area (TPSA) is 114 Å². The normalized spacial score (nSPS) is 18.8. The highest BCUT2D eigenvalue weighted by molar-refractivity contribution is 8.19. The van der Waals surface area contributed by atoms with Crippen LogP contribution in [0.3, 0.4) is 0 Å². The van der Waals surface area contributed by atoms with Gasteiger partial charge in [0.1, 0.15) is 15.8 Å². The zero-order chi connectivity index (χ0) is 25.3. The number of anilines is 1. The van der Waals surface area contributed by atoms with Gasteiger partial charge in [-0.2, -0.15) is 8.78 Å². The molecule has 2 atom stereocenters. The van der Waals surface area contributed by atoms with Gasteiger partial charge >= 0.3 is 12.6 Å². The van der Waals surface area contributed by atoms with Crippen LogP contribution in [0.4, 0.5) is 23.7 Å². The monoisotopic (exact) mass is 509 g/mol. The number of alkyl halides is 2. The van der Waals surface area contributed by atoms with Crippen LogP contribution in [0.5, 0.6) is 5.75 Å². The van der Waals surface area contributed by atoms with E-state index in [1.807, 2.05) is 0 Å². The maximum atomic E-state index is 14.5. The van der Waals surface area contributed by atoms with Crippen LogP contribution >= 0.6 is 11.8 Å². The number of allylic oxidation sites excluding steroid dienone is 1. The van der Waals surface area contributed by atoms with Crippen LogP contribution < -0.4 is 15.2 Å². The lowest BCUT2D eigenvalue weighted by molar-refractivity contribution is -0.0499. The van der Waals surface area contributed by atoms with E-state index in [2.05, 4.69) is 14.4 Å². The number of rotatable bonds is 7. The Labute approximate surface area is 196 Å². The van der Waals surface area contributed by atoms with E-state index >= 15 is 0 Å². The van der Waals surface area contributed by atoms with E-state index in [1.54, 1.807) is 27.7 Å². The first-order valence-corrected chi connectivity index (χ1v) is 12.7. The lowest BCUT2D eigenvalue weighted by Crippen LogP contribution is -2.32. The summed E-state index contributed by atoms with van der Waals surface area (Å²) in [4.78, 5) is 12.7. The van der Waals surface area contributed by atoms with Crippen LogP contribution in [0.15, 0.2) is 26.6 Å². The third-order valence-electron chi connectivity index (χ3n) is 4.98. The van der Waals surface area contributed by atoms with Crippen LogP contribution in [0.2, 0.25) is 0 Å². The van der Waals surface area contributed by atoms with Crippen molar-refractivity contribution in [2.45, 2.75) is 77.3 Å². The van der Waals surface area contributed by atoms with E-state index in [1.165, 1.54) is 26.0 Å². The summed E-state index contributed by atoms with van der Waals surface area (Å²) in [7, 11) is -3.92. The van der Waals surface area contributed by atoms with Gasteiger partial charge in [0.05, 0.1) is 5.60 Å². The van der Waals surface area contributed by atoms with Crippen LogP contribution in [-0.4, -0.2) is 32.8 Å². The molecule has 33 heavy (non-hydrogen) atoms. The number of hydrogen-bond donors (Lipinski definition) is 3.